The van der Waals surface area contributed by atoms with Crippen LogP contribution in [0.1, 0.15) is 34.7 Å². The van der Waals surface area contributed by atoms with Gasteiger partial charge in [0, 0.05) is 39.3 Å². The molecule has 34 heavy (non-hydrogen) atoms. The van der Waals surface area contributed by atoms with Crippen molar-refractivity contribution in [1.29, 1.82) is 0 Å². The van der Waals surface area contributed by atoms with Crippen LogP contribution in [0.3, 0.4) is 0 Å². The average Bonchev–Trinajstić information content (AvgIpc) is 2.82. The van der Waals surface area contributed by atoms with Crippen LogP contribution in [-0.2, 0) is 17.5 Å². The Kier molecular flexibility index (Phi) is 9.07. The molecule has 0 aliphatic carbocycles. The fraction of sp³-hybridized carbons (Fsp3) is 0.571. The zero-order valence-electron chi connectivity index (χ0n) is 18.8. The van der Waals surface area contributed by atoms with Crippen LogP contribution in [0.5, 0.6) is 0 Å². The lowest BCUT2D eigenvalue weighted by Crippen LogP contribution is -2.44. The molecule has 4 rings (SSSR count). The van der Waals surface area contributed by atoms with Gasteiger partial charge < -0.3 is 20.1 Å². The molecule has 2 aliphatic heterocycles. The van der Waals surface area contributed by atoms with Crippen molar-refractivity contribution in [2.24, 2.45) is 0 Å². The third kappa shape index (κ3) is 8.15. The van der Waals surface area contributed by atoms with Crippen LogP contribution in [0.15, 0.2) is 24.5 Å². The molecule has 0 aromatic carbocycles. The third-order valence-electron chi connectivity index (χ3n) is 5.36. The first kappa shape index (κ1) is 25.7. The summed E-state index contributed by atoms with van der Waals surface area (Å²) in [5.74, 6) is -0.904. The predicted octanol–water partition coefficient (Wildman–Crippen LogP) is 2.01. The molecule has 2 fully saturated rings. The van der Waals surface area contributed by atoms with E-state index in [4.69, 9.17) is 9.84 Å². The number of piperazine rings is 1. The predicted molar refractivity (Wildman–Crippen MR) is 116 cm³/mol. The first-order chi connectivity index (χ1) is 16.2. The monoisotopic (exact) mass is 483 g/mol. The van der Waals surface area contributed by atoms with Crippen LogP contribution in [0.25, 0.3) is 0 Å². The van der Waals surface area contributed by atoms with E-state index in [1.165, 1.54) is 12.3 Å². The minimum Gasteiger partial charge on any atom is -0.476 e. The molecular weight excluding hydrogens is 455 g/mol. The van der Waals surface area contributed by atoms with E-state index in [1.54, 1.807) is 6.07 Å². The number of anilines is 1. The summed E-state index contributed by atoms with van der Waals surface area (Å²) in [5, 5.41) is 19.2. The van der Waals surface area contributed by atoms with Gasteiger partial charge in [-0.3, -0.25) is 9.88 Å². The minimum absolute atomic E-state index is 0.00142. The van der Waals surface area contributed by atoms with E-state index in [0.717, 1.165) is 51.3 Å². The second-order valence-electron chi connectivity index (χ2n) is 8.14. The summed E-state index contributed by atoms with van der Waals surface area (Å²) in [6.45, 7) is 6.06. The Morgan fingerprint density at radius 1 is 1.21 bits per heavy atom. The summed E-state index contributed by atoms with van der Waals surface area (Å²) in [5.41, 5.74) is -0.175. The molecule has 10 nitrogen and oxygen atoms in total. The van der Waals surface area contributed by atoms with E-state index in [1.807, 2.05) is 0 Å². The number of nitrogens with one attached hydrogen (secondary N) is 1. The van der Waals surface area contributed by atoms with Gasteiger partial charge in [0.1, 0.15) is 5.82 Å². The van der Waals surface area contributed by atoms with Gasteiger partial charge in [-0.15, -0.1) is 5.10 Å². The third-order valence-corrected chi connectivity index (χ3v) is 5.36. The Labute approximate surface area is 195 Å². The van der Waals surface area contributed by atoms with Gasteiger partial charge in [-0.1, -0.05) is 0 Å². The van der Waals surface area contributed by atoms with Crippen LogP contribution < -0.4 is 5.32 Å². The summed E-state index contributed by atoms with van der Waals surface area (Å²) in [4.78, 5) is 22.2. The van der Waals surface area contributed by atoms with E-state index in [9.17, 15) is 18.0 Å². The Hall–Kier alpha value is -2.90. The van der Waals surface area contributed by atoms with Crippen LogP contribution in [0.2, 0.25) is 0 Å². The highest BCUT2D eigenvalue weighted by atomic mass is 19.4. The van der Waals surface area contributed by atoms with Gasteiger partial charge in [-0.25, -0.2) is 9.78 Å². The molecule has 0 saturated carbocycles. The number of hydrogen-bond acceptors (Lipinski definition) is 9. The maximum absolute atomic E-state index is 12.4. The fourth-order valence-corrected chi connectivity index (χ4v) is 3.43. The first-order valence-corrected chi connectivity index (χ1v) is 10.9. The van der Waals surface area contributed by atoms with Gasteiger partial charge in [-0.2, -0.15) is 18.3 Å². The molecule has 2 N–H and O–H groups in total. The summed E-state index contributed by atoms with van der Waals surface area (Å²) in [6.07, 6.45) is -0.720. The number of aromatic carboxylic acids is 1. The van der Waals surface area contributed by atoms with Crippen molar-refractivity contribution in [2.45, 2.75) is 31.6 Å². The van der Waals surface area contributed by atoms with Crippen molar-refractivity contribution in [2.75, 3.05) is 51.8 Å². The molecule has 1 atom stereocenters. The molecule has 4 heterocycles. The molecule has 0 radical (unpaired) electrons. The molecule has 2 saturated heterocycles. The standard InChI is InChI=1S/C11H16N4O2.C10H12F3N3O/c1-14-4-6-15(7-5-14)8-9-2-3-10(11(16)17)13-12-9;11-10(12,13)8-4-14-5-9(16-8)15-7-2-1-3-17-6-7/h2-3H,4-8H2,1H3,(H,16,17);4-5,7H,1-3,6H2,(H,15,16). The SMILES string of the molecule is CN1CCN(Cc2ccc(C(=O)O)nn2)CC1.FC(F)(F)c1cncc(NC2CCCOC2)n1. The van der Waals surface area contributed by atoms with E-state index in [2.05, 4.69) is 42.3 Å². The number of ether oxygens (including phenoxy) is 1. The van der Waals surface area contributed by atoms with Gasteiger partial charge in [0.25, 0.3) is 0 Å². The number of hydrogen-bond donors (Lipinski definition) is 2. The number of rotatable bonds is 5. The summed E-state index contributed by atoms with van der Waals surface area (Å²) >= 11 is 0. The smallest absolute Gasteiger partial charge is 0.434 e. The number of halogens is 3. The molecule has 13 heteroatoms. The van der Waals surface area contributed by atoms with Crippen molar-refractivity contribution in [3.63, 3.8) is 0 Å². The van der Waals surface area contributed by atoms with Crippen molar-refractivity contribution in [3.05, 3.63) is 41.6 Å². The number of carbonyl (C=O) groups is 1. The lowest BCUT2D eigenvalue weighted by atomic mass is 10.1. The van der Waals surface area contributed by atoms with Crippen LogP contribution >= 0.6 is 0 Å². The maximum Gasteiger partial charge on any atom is 0.434 e. The number of alkyl halides is 3. The Balaban J connectivity index is 0.000000191. The van der Waals surface area contributed by atoms with Gasteiger partial charge in [0.15, 0.2) is 11.4 Å². The van der Waals surface area contributed by atoms with Crippen molar-refractivity contribution >= 4 is 11.8 Å². The molecule has 2 aromatic rings. The molecule has 2 aliphatic rings. The summed E-state index contributed by atoms with van der Waals surface area (Å²) in [6, 6.07) is 3.23. The Morgan fingerprint density at radius 2 is 1.97 bits per heavy atom. The second kappa shape index (κ2) is 12.0. The number of likely N-dealkylation sites (N-methyl/N-ethyl adjacent to an activating group) is 1. The van der Waals surface area contributed by atoms with E-state index < -0.39 is 17.8 Å². The van der Waals surface area contributed by atoms with Crippen molar-refractivity contribution < 1.29 is 27.8 Å². The van der Waals surface area contributed by atoms with Crippen molar-refractivity contribution in [1.82, 2.24) is 30.0 Å². The highest BCUT2D eigenvalue weighted by molar-refractivity contribution is 5.84. The maximum atomic E-state index is 12.4. The largest absolute Gasteiger partial charge is 0.476 e. The zero-order valence-corrected chi connectivity index (χ0v) is 18.8. The molecule has 0 bridgehead atoms. The molecule has 1 unspecified atom stereocenters. The highest BCUT2D eigenvalue weighted by Crippen LogP contribution is 2.27. The van der Waals surface area contributed by atoms with Gasteiger partial charge in [-0.05, 0) is 32.0 Å². The lowest BCUT2D eigenvalue weighted by molar-refractivity contribution is -0.141. The van der Waals surface area contributed by atoms with Crippen molar-refractivity contribution in [3.8, 4) is 0 Å². The van der Waals surface area contributed by atoms with Gasteiger partial charge >= 0.3 is 12.1 Å². The van der Waals surface area contributed by atoms with E-state index in [0.29, 0.717) is 19.4 Å². The summed E-state index contributed by atoms with van der Waals surface area (Å²) in [7, 11) is 2.11. The number of nitrogens with zero attached hydrogens (tertiary/aromatic N) is 6. The molecule has 0 amide bonds. The Morgan fingerprint density at radius 3 is 2.56 bits per heavy atom. The topological polar surface area (TPSA) is 117 Å². The van der Waals surface area contributed by atoms with Crippen LogP contribution in [-0.4, -0.2) is 93.5 Å². The average molecular weight is 483 g/mol. The minimum atomic E-state index is -4.46. The fourth-order valence-electron chi connectivity index (χ4n) is 3.43. The van der Waals surface area contributed by atoms with Gasteiger partial charge in [0.2, 0.25) is 0 Å². The molecule has 2 aromatic heterocycles. The highest BCUT2D eigenvalue weighted by Gasteiger charge is 2.33. The molecule has 0 spiro atoms. The first-order valence-electron chi connectivity index (χ1n) is 10.9. The second-order valence-corrected chi connectivity index (χ2v) is 8.14. The summed E-state index contributed by atoms with van der Waals surface area (Å²) < 4.78 is 42.4. The molecule has 186 valence electrons. The number of carboxylic acids is 1. The quantitative estimate of drug-likeness (QED) is 0.654. The Bertz CT molecular complexity index is 917. The lowest BCUT2D eigenvalue weighted by Gasteiger charge is -2.31. The van der Waals surface area contributed by atoms with Gasteiger partial charge in [0.05, 0.1) is 30.7 Å². The van der Waals surface area contributed by atoms with E-state index in [-0.39, 0.29) is 17.6 Å². The van der Waals surface area contributed by atoms with Crippen LogP contribution in [0, 0.1) is 0 Å². The number of carboxylic acid groups (broad SMARTS) is 1. The normalized spacial score (nSPS) is 19.7. The zero-order chi connectivity index (χ0) is 24.6. The molecular formula is C21H28F3N7O3. The van der Waals surface area contributed by atoms with Crippen LogP contribution in [0.4, 0.5) is 19.0 Å². The van der Waals surface area contributed by atoms with E-state index >= 15 is 0 Å². The number of aromatic nitrogens is 4.